The molecule has 0 heterocycles. The van der Waals surface area contributed by atoms with E-state index in [1.165, 1.54) is 0 Å². The van der Waals surface area contributed by atoms with E-state index in [4.69, 9.17) is 5.26 Å². The summed E-state index contributed by atoms with van der Waals surface area (Å²) in [5.74, 6) is 0. The molecule has 0 aliphatic heterocycles. The summed E-state index contributed by atoms with van der Waals surface area (Å²) >= 11 is 0. The number of nitriles is 1. The van der Waals surface area contributed by atoms with Crippen LogP contribution >= 0.6 is 7.14 Å². The maximum Gasteiger partial charge on any atom is 0.156 e. The molecule has 0 aliphatic rings. The normalized spacial score (nSPS) is 10.8. The van der Waals surface area contributed by atoms with E-state index in [1.807, 2.05) is 66.7 Å². The van der Waals surface area contributed by atoms with Crippen LogP contribution in [0.4, 0.5) is 0 Å². The van der Waals surface area contributed by atoms with Gasteiger partial charge >= 0.3 is 0 Å². The zero-order chi connectivity index (χ0) is 12.1. The summed E-state index contributed by atoms with van der Waals surface area (Å²) < 4.78 is 13.0. The average Bonchev–Trinajstić information content (AvgIpc) is 2.41. The molecule has 17 heavy (non-hydrogen) atoms. The predicted molar refractivity (Wildman–Crippen MR) is 70.2 cm³/mol. The van der Waals surface area contributed by atoms with E-state index in [0.29, 0.717) is 0 Å². The lowest BCUT2D eigenvalue weighted by Crippen LogP contribution is -2.17. The van der Waals surface area contributed by atoms with Gasteiger partial charge in [0.2, 0.25) is 0 Å². The molecule has 84 valence electrons. The van der Waals surface area contributed by atoms with Crippen LogP contribution in [0.5, 0.6) is 0 Å². The van der Waals surface area contributed by atoms with Gasteiger partial charge in [-0.25, -0.2) is 0 Å². The van der Waals surface area contributed by atoms with Crippen molar-refractivity contribution in [3.8, 4) is 6.07 Å². The Hall–Kier alpha value is -1.84. The van der Waals surface area contributed by atoms with E-state index >= 15 is 0 Å². The highest BCUT2D eigenvalue weighted by Crippen LogP contribution is 2.42. The Kier molecular flexibility index (Phi) is 3.42. The molecule has 0 saturated heterocycles. The summed E-state index contributed by atoms with van der Waals surface area (Å²) in [6.45, 7) is 0. The Bertz CT molecular complexity index is 529. The van der Waals surface area contributed by atoms with Gasteiger partial charge in [-0.3, -0.25) is 0 Å². The first-order chi connectivity index (χ1) is 8.27. The van der Waals surface area contributed by atoms with E-state index in [-0.39, 0.29) is 6.16 Å². The molecule has 0 amide bonds. The minimum atomic E-state index is -2.79. The number of hydrogen-bond donors (Lipinski definition) is 0. The number of benzene rings is 2. The van der Waals surface area contributed by atoms with E-state index in [9.17, 15) is 4.57 Å². The van der Waals surface area contributed by atoms with Crippen molar-refractivity contribution in [1.82, 2.24) is 0 Å². The van der Waals surface area contributed by atoms with Crippen LogP contribution in [0.25, 0.3) is 0 Å². The van der Waals surface area contributed by atoms with Crippen molar-refractivity contribution < 1.29 is 4.57 Å². The summed E-state index contributed by atoms with van der Waals surface area (Å²) in [5, 5.41) is 10.4. The Balaban J connectivity index is 2.56. The highest BCUT2D eigenvalue weighted by Gasteiger charge is 2.26. The fraction of sp³-hybridized carbons (Fsp3) is 0.0714. The largest absolute Gasteiger partial charge is 0.313 e. The zero-order valence-electron chi connectivity index (χ0n) is 9.28. The fourth-order valence-electron chi connectivity index (χ4n) is 1.77. The summed E-state index contributed by atoms with van der Waals surface area (Å²) in [6, 6.07) is 20.5. The van der Waals surface area contributed by atoms with Gasteiger partial charge in [-0.05, 0) is 0 Å². The second kappa shape index (κ2) is 4.99. The van der Waals surface area contributed by atoms with E-state index in [2.05, 4.69) is 0 Å². The van der Waals surface area contributed by atoms with E-state index < -0.39 is 7.14 Å². The highest BCUT2D eigenvalue weighted by atomic mass is 31.2. The van der Waals surface area contributed by atoms with E-state index in [1.54, 1.807) is 0 Å². The second-order valence-electron chi connectivity index (χ2n) is 3.73. The lowest BCUT2D eigenvalue weighted by molar-refractivity contribution is 0.589. The average molecular weight is 241 g/mol. The van der Waals surface area contributed by atoms with Crippen molar-refractivity contribution in [1.29, 1.82) is 5.26 Å². The third-order valence-electron chi connectivity index (χ3n) is 2.64. The van der Waals surface area contributed by atoms with Gasteiger partial charge in [-0.2, -0.15) is 5.26 Å². The molecule has 0 atom stereocenters. The number of rotatable bonds is 3. The van der Waals surface area contributed by atoms with E-state index in [0.717, 1.165) is 10.6 Å². The second-order valence-corrected chi connectivity index (χ2v) is 6.56. The van der Waals surface area contributed by atoms with Crippen molar-refractivity contribution in [2.24, 2.45) is 0 Å². The SMILES string of the molecule is N#CCP(=O)(c1ccccc1)c1ccccc1. The van der Waals surface area contributed by atoms with Crippen molar-refractivity contribution in [3.63, 3.8) is 0 Å². The number of hydrogen-bond acceptors (Lipinski definition) is 2. The molecule has 2 rings (SSSR count). The van der Waals surface area contributed by atoms with Gasteiger partial charge in [0.1, 0.15) is 0 Å². The van der Waals surface area contributed by atoms with Crippen LogP contribution in [0.3, 0.4) is 0 Å². The lowest BCUT2D eigenvalue weighted by Gasteiger charge is -2.15. The van der Waals surface area contributed by atoms with Crippen LogP contribution < -0.4 is 10.6 Å². The van der Waals surface area contributed by atoms with Crippen LogP contribution in [0.15, 0.2) is 60.7 Å². The Morgan fingerprint density at radius 3 is 1.65 bits per heavy atom. The molecule has 2 nitrogen and oxygen atoms in total. The molecule has 0 fully saturated rings. The molecule has 2 aromatic carbocycles. The minimum Gasteiger partial charge on any atom is -0.313 e. The maximum absolute atomic E-state index is 13.0. The quantitative estimate of drug-likeness (QED) is 0.775. The topological polar surface area (TPSA) is 40.9 Å². The first-order valence-corrected chi connectivity index (χ1v) is 7.24. The van der Waals surface area contributed by atoms with Crippen molar-refractivity contribution in [3.05, 3.63) is 60.7 Å². The molecule has 0 saturated carbocycles. The summed E-state index contributed by atoms with van der Waals surface area (Å²) in [5.41, 5.74) is 0. The third kappa shape index (κ3) is 2.30. The summed E-state index contributed by atoms with van der Waals surface area (Å²) in [7, 11) is -2.79. The maximum atomic E-state index is 13.0. The first kappa shape index (κ1) is 11.6. The van der Waals surface area contributed by atoms with Gasteiger partial charge < -0.3 is 4.57 Å². The van der Waals surface area contributed by atoms with Gasteiger partial charge in [0.15, 0.2) is 7.14 Å². The van der Waals surface area contributed by atoms with Crippen LogP contribution in [0.1, 0.15) is 0 Å². The molecule has 0 aliphatic carbocycles. The smallest absolute Gasteiger partial charge is 0.156 e. The van der Waals surface area contributed by atoms with Crippen molar-refractivity contribution in [2.45, 2.75) is 0 Å². The molecule has 2 aromatic rings. The van der Waals surface area contributed by atoms with Crippen LogP contribution in [0, 0.1) is 11.3 Å². The molecule has 0 N–H and O–H groups in total. The van der Waals surface area contributed by atoms with Crippen molar-refractivity contribution >= 4 is 17.8 Å². The lowest BCUT2D eigenvalue weighted by atomic mass is 10.4. The van der Waals surface area contributed by atoms with Gasteiger partial charge in [-0.15, -0.1) is 0 Å². The Morgan fingerprint density at radius 1 is 0.882 bits per heavy atom. The van der Waals surface area contributed by atoms with Gasteiger partial charge in [0.25, 0.3) is 0 Å². The third-order valence-corrected chi connectivity index (χ3v) is 5.49. The first-order valence-electron chi connectivity index (χ1n) is 5.34. The Morgan fingerprint density at radius 2 is 1.29 bits per heavy atom. The van der Waals surface area contributed by atoms with Crippen molar-refractivity contribution in [2.75, 3.05) is 6.16 Å². The van der Waals surface area contributed by atoms with Gasteiger partial charge in [0, 0.05) is 10.6 Å². The van der Waals surface area contributed by atoms with Gasteiger partial charge in [0.05, 0.1) is 12.2 Å². The molecule has 0 spiro atoms. The van der Waals surface area contributed by atoms with Crippen LogP contribution in [-0.2, 0) is 4.57 Å². The molecular formula is C14H12NOP. The molecule has 3 heteroatoms. The molecule has 0 bridgehead atoms. The zero-order valence-corrected chi connectivity index (χ0v) is 10.2. The fourth-order valence-corrected chi connectivity index (χ4v) is 3.94. The highest BCUT2D eigenvalue weighted by molar-refractivity contribution is 7.78. The number of nitrogens with zero attached hydrogens (tertiary/aromatic N) is 1. The summed E-state index contributed by atoms with van der Waals surface area (Å²) in [4.78, 5) is 0. The monoisotopic (exact) mass is 241 g/mol. The molecular weight excluding hydrogens is 229 g/mol. The minimum absolute atomic E-state index is 0.0427. The Labute approximate surface area is 101 Å². The van der Waals surface area contributed by atoms with Gasteiger partial charge in [-0.1, -0.05) is 60.7 Å². The predicted octanol–water partition coefficient (Wildman–Crippen LogP) is 2.52. The molecule has 0 aromatic heterocycles. The standard InChI is InChI=1S/C14H12NOP/c15-11-12-17(16,13-7-3-1-4-8-13)14-9-5-2-6-10-14/h1-10H,12H2. The van der Waals surface area contributed by atoms with Crippen LogP contribution in [-0.4, -0.2) is 6.16 Å². The van der Waals surface area contributed by atoms with Crippen LogP contribution in [0.2, 0.25) is 0 Å². The molecule has 0 radical (unpaired) electrons. The summed E-state index contributed by atoms with van der Waals surface area (Å²) in [6.07, 6.45) is 0.0427. The molecule has 0 unspecified atom stereocenters.